The quantitative estimate of drug-likeness (QED) is 0.869. The molecule has 4 nitrogen and oxygen atoms in total. The van der Waals surface area contributed by atoms with Crippen molar-refractivity contribution in [3.63, 3.8) is 0 Å². The van der Waals surface area contributed by atoms with Crippen LogP contribution in [0.3, 0.4) is 0 Å². The van der Waals surface area contributed by atoms with E-state index in [9.17, 15) is 22.8 Å². The minimum absolute atomic E-state index is 0.0519. The number of carbonyl (C=O) groups excluding carboxylic acids is 2. The number of nitrogens with one attached hydrogen (secondary N) is 1. The molecule has 2 amide bonds. The van der Waals surface area contributed by atoms with Gasteiger partial charge in [0.2, 0.25) is 11.8 Å². The second kappa shape index (κ2) is 6.23. The third-order valence-electron chi connectivity index (χ3n) is 4.45. The zero-order valence-electron chi connectivity index (χ0n) is 12.1. The molecule has 0 radical (unpaired) electrons. The lowest BCUT2D eigenvalue weighted by atomic mass is 9.82. The van der Waals surface area contributed by atoms with Crippen molar-refractivity contribution in [2.24, 2.45) is 5.92 Å². The number of nitrogens with zero attached hydrogens (tertiary/aromatic N) is 1. The molecule has 0 bridgehead atoms. The van der Waals surface area contributed by atoms with Crippen molar-refractivity contribution in [1.82, 2.24) is 10.2 Å². The van der Waals surface area contributed by atoms with Crippen LogP contribution in [0.4, 0.5) is 13.2 Å². The van der Waals surface area contributed by atoms with E-state index in [2.05, 4.69) is 5.32 Å². The van der Waals surface area contributed by atoms with Crippen molar-refractivity contribution in [1.29, 1.82) is 0 Å². The molecule has 0 aromatic carbocycles. The Morgan fingerprint density at radius 3 is 2.38 bits per heavy atom. The molecule has 2 rings (SSSR count). The fourth-order valence-electron chi connectivity index (χ4n) is 3.18. The van der Waals surface area contributed by atoms with Crippen LogP contribution in [0.1, 0.15) is 45.4 Å². The topological polar surface area (TPSA) is 49.4 Å². The van der Waals surface area contributed by atoms with E-state index in [1.165, 1.54) is 6.92 Å². The predicted molar refractivity (Wildman–Crippen MR) is 70.4 cm³/mol. The number of rotatable bonds is 3. The number of alkyl halides is 3. The summed E-state index contributed by atoms with van der Waals surface area (Å²) >= 11 is 0. The Morgan fingerprint density at radius 2 is 1.81 bits per heavy atom. The smallest absolute Gasteiger partial charge is 0.342 e. The van der Waals surface area contributed by atoms with Gasteiger partial charge >= 0.3 is 6.18 Å². The lowest BCUT2D eigenvalue weighted by Gasteiger charge is -2.41. The van der Waals surface area contributed by atoms with Gasteiger partial charge in [-0.2, -0.15) is 13.2 Å². The van der Waals surface area contributed by atoms with E-state index in [4.69, 9.17) is 0 Å². The molecular formula is C14H21F3N2O2. The monoisotopic (exact) mass is 306 g/mol. The number of hydrogen-bond acceptors (Lipinski definition) is 2. The summed E-state index contributed by atoms with van der Waals surface area (Å²) in [5.41, 5.74) is 0. The van der Waals surface area contributed by atoms with Crippen molar-refractivity contribution in [3.05, 3.63) is 0 Å². The summed E-state index contributed by atoms with van der Waals surface area (Å²) in [4.78, 5) is 25.5. The highest BCUT2D eigenvalue weighted by Gasteiger charge is 2.43. The molecule has 0 aromatic rings. The molecule has 0 aromatic heterocycles. The first-order chi connectivity index (χ1) is 9.79. The van der Waals surface area contributed by atoms with Gasteiger partial charge < -0.3 is 10.2 Å². The highest BCUT2D eigenvalue weighted by atomic mass is 19.4. The van der Waals surface area contributed by atoms with Crippen molar-refractivity contribution >= 4 is 11.8 Å². The van der Waals surface area contributed by atoms with Gasteiger partial charge in [0, 0.05) is 6.54 Å². The lowest BCUT2D eigenvalue weighted by Crippen LogP contribution is -2.64. The number of halogens is 3. The Balaban J connectivity index is 2.07. The summed E-state index contributed by atoms with van der Waals surface area (Å²) in [6.45, 7) is 1.03. The first-order valence-electron chi connectivity index (χ1n) is 7.47. The molecule has 7 heteroatoms. The van der Waals surface area contributed by atoms with Crippen LogP contribution >= 0.6 is 0 Å². The number of amides is 2. The SMILES string of the molecule is CC1C(=O)NC(C2CCCCC2)C(=O)N1CCC(F)(F)F. The van der Waals surface area contributed by atoms with Crippen LogP contribution in [0.5, 0.6) is 0 Å². The Morgan fingerprint density at radius 1 is 1.19 bits per heavy atom. The third kappa shape index (κ3) is 3.89. The number of piperazine rings is 1. The highest BCUT2D eigenvalue weighted by Crippen LogP contribution is 2.30. The molecule has 1 heterocycles. The van der Waals surface area contributed by atoms with Crippen LogP contribution in [0.25, 0.3) is 0 Å². The van der Waals surface area contributed by atoms with E-state index < -0.39 is 31.2 Å². The van der Waals surface area contributed by atoms with E-state index in [0.717, 1.165) is 37.0 Å². The van der Waals surface area contributed by atoms with E-state index in [0.29, 0.717) is 0 Å². The molecule has 2 fully saturated rings. The van der Waals surface area contributed by atoms with Crippen LogP contribution in [0, 0.1) is 5.92 Å². The van der Waals surface area contributed by atoms with Crippen molar-refractivity contribution in [3.8, 4) is 0 Å². The molecule has 2 aliphatic rings. The summed E-state index contributed by atoms with van der Waals surface area (Å²) in [5.74, 6) is -0.665. The second-order valence-corrected chi connectivity index (χ2v) is 5.96. The van der Waals surface area contributed by atoms with Crippen LogP contribution in [0.2, 0.25) is 0 Å². The van der Waals surface area contributed by atoms with Gasteiger partial charge in [0.1, 0.15) is 12.1 Å². The first kappa shape index (κ1) is 16.1. The standard InChI is InChI=1S/C14H21F3N2O2/c1-9-12(20)18-11(10-5-3-2-4-6-10)13(21)19(9)8-7-14(15,16)17/h9-11H,2-8H2,1H3,(H,18,20). The maximum absolute atomic E-state index is 12.4. The van der Waals surface area contributed by atoms with E-state index in [1.807, 2.05) is 0 Å². The van der Waals surface area contributed by atoms with Gasteiger partial charge in [0.25, 0.3) is 0 Å². The molecule has 1 aliphatic heterocycles. The Labute approximate surface area is 122 Å². The summed E-state index contributed by atoms with van der Waals surface area (Å²) < 4.78 is 37.1. The summed E-state index contributed by atoms with van der Waals surface area (Å²) in [6.07, 6.45) is -0.594. The largest absolute Gasteiger partial charge is 0.390 e. The lowest BCUT2D eigenvalue weighted by molar-refractivity contribution is -0.158. The van der Waals surface area contributed by atoms with Gasteiger partial charge in [-0.3, -0.25) is 9.59 Å². The van der Waals surface area contributed by atoms with Gasteiger partial charge in [-0.15, -0.1) is 0 Å². The minimum Gasteiger partial charge on any atom is -0.342 e. The molecule has 1 aliphatic carbocycles. The Hall–Kier alpha value is -1.27. The van der Waals surface area contributed by atoms with E-state index in [-0.39, 0.29) is 17.7 Å². The van der Waals surface area contributed by atoms with E-state index >= 15 is 0 Å². The van der Waals surface area contributed by atoms with Crippen LogP contribution in [-0.4, -0.2) is 41.5 Å². The fourth-order valence-corrected chi connectivity index (χ4v) is 3.18. The fraction of sp³-hybridized carbons (Fsp3) is 0.857. The Bertz CT molecular complexity index is 406. The molecule has 120 valence electrons. The third-order valence-corrected chi connectivity index (χ3v) is 4.45. The molecule has 1 saturated carbocycles. The summed E-state index contributed by atoms with van der Waals surface area (Å²) in [6, 6.07) is -1.48. The van der Waals surface area contributed by atoms with Crippen LogP contribution in [0.15, 0.2) is 0 Å². The molecular weight excluding hydrogens is 285 g/mol. The highest BCUT2D eigenvalue weighted by molar-refractivity contribution is 5.96. The predicted octanol–water partition coefficient (Wildman–Crippen LogP) is 2.23. The molecule has 1 saturated heterocycles. The molecule has 1 N–H and O–H groups in total. The second-order valence-electron chi connectivity index (χ2n) is 5.96. The molecule has 0 spiro atoms. The normalized spacial score (nSPS) is 28.7. The molecule has 21 heavy (non-hydrogen) atoms. The van der Waals surface area contributed by atoms with E-state index in [1.54, 1.807) is 0 Å². The van der Waals surface area contributed by atoms with Gasteiger partial charge in [-0.05, 0) is 25.7 Å². The first-order valence-corrected chi connectivity index (χ1v) is 7.47. The molecule has 2 atom stereocenters. The maximum Gasteiger partial charge on any atom is 0.390 e. The Kier molecular flexibility index (Phi) is 4.78. The van der Waals surface area contributed by atoms with Gasteiger partial charge in [0.05, 0.1) is 6.42 Å². The zero-order chi connectivity index (χ0) is 15.6. The van der Waals surface area contributed by atoms with Crippen molar-refractivity contribution in [2.45, 2.75) is 63.7 Å². The molecule has 2 unspecified atom stereocenters. The van der Waals surface area contributed by atoms with Gasteiger partial charge in [0.15, 0.2) is 0 Å². The zero-order valence-corrected chi connectivity index (χ0v) is 12.1. The number of carbonyl (C=O) groups is 2. The van der Waals surface area contributed by atoms with Crippen LogP contribution in [-0.2, 0) is 9.59 Å². The summed E-state index contributed by atoms with van der Waals surface area (Å²) in [5, 5.41) is 2.70. The number of hydrogen-bond donors (Lipinski definition) is 1. The van der Waals surface area contributed by atoms with Crippen molar-refractivity contribution < 1.29 is 22.8 Å². The van der Waals surface area contributed by atoms with Crippen LogP contribution < -0.4 is 5.32 Å². The van der Waals surface area contributed by atoms with Crippen molar-refractivity contribution in [2.75, 3.05) is 6.54 Å². The van der Waals surface area contributed by atoms with Gasteiger partial charge in [-0.1, -0.05) is 19.3 Å². The maximum atomic E-state index is 12.4. The average molecular weight is 306 g/mol. The average Bonchev–Trinajstić information content (AvgIpc) is 2.42. The van der Waals surface area contributed by atoms with Gasteiger partial charge in [-0.25, -0.2) is 0 Å². The minimum atomic E-state index is -4.33. The summed E-state index contributed by atoms with van der Waals surface area (Å²) in [7, 11) is 0.